The molecule has 0 unspecified atom stereocenters. The minimum Gasteiger partial charge on any atom is -0.392 e. The van der Waals surface area contributed by atoms with Gasteiger partial charge in [0.05, 0.1) is 29.9 Å². The number of anilines is 1. The number of rotatable bonds is 5. The highest BCUT2D eigenvalue weighted by atomic mass is 19.1. The van der Waals surface area contributed by atoms with Crippen molar-refractivity contribution in [1.29, 1.82) is 0 Å². The summed E-state index contributed by atoms with van der Waals surface area (Å²) in [5.74, 6) is -0.424. The highest BCUT2D eigenvalue weighted by Crippen LogP contribution is 2.33. The number of hydrogen-bond donors (Lipinski definition) is 2. The van der Waals surface area contributed by atoms with Crippen LogP contribution in [0.4, 0.5) is 10.2 Å². The van der Waals surface area contributed by atoms with Gasteiger partial charge in [-0.2, -0.15) is 5.10 Å². The second kappa shape index (κ2) is 8.63. The second-order valence-corrected chi connectivity index (χ2v) is 8.02. The number of hydrogen-bond acceptors (Lipinski definition) is 8. The van der Waals surface area contributed by atoms with E-state index in [0.29, 0.717) is 41.2 Å². The Morgan fingerprint density at radius 3 is 2.97 bits per heavy atom. The van der Waals surface area contributed by atoms with Crippen molar-refractivity contribution < 1.29 is 14.3 Å². The van der Waals surface area contributed by atoms with E-state index in [0.717, 1.165) is 12.8 Å². The zero-order chi connectivity index (χ0) is 23.8. The molecule has 0 saturated carbocycles. The van der Waals surface area contributed by atoms with Crippen molar-refractivity contribution in [2.24, 2.45) is 0 Å². The van der Waals surface area contributed by atoms with Crippen LogP contribution >= 0.6 is 0 Å². The number of aliphatic hydroxyl groups is 1. The fraction of sp³-hybridized carbons (Fsp3) is 0.273. The zero-order valence-corrected chi connectivity index (χ0v) is 18.2. The molecule has 3 N–H and O–H groups in total. The fourth-order valence-electron chi connectivity index (χ4n) is 4.22. The normalized spacial score (nSPS) is 16.2. The summed E-state index contributed by atoms with van der Waals surface area (Å²) in [5, 5.41) is 22.8. The maximum atomic E-state index is 14.1. The van der Waals surface area contributed by atoms with Gasteiger partial charge in [0.15, 0.2) is 5.65 Å². The maximum Gasteiger partial charge on any atom is 0.246 e. The number of likely N-dealkylation sites (tertiary alicyclic amines) is 1. The number of aliphatic hydroxyl groups excluding tert-OH is 1. The fourth-order valence-corrected chi connectivity index (χ4v) is 4.22. The van der Waals surface area contributed by atoms with Crippen molar-refractivity contribution in [1.82, 2.24) is 39.6 Å². The van der Waals surface area contributed by atoms with Gasteiger partial charge in [-0.1, -0.05) is 17.9 Å². The number of nitrogens with zero attached hydrogens (tertiary/aromatic N) is 8. The lowest BCUT2D eigenvalue weighted by atomic mass is 10.1. The van der Waals surface area contributed by atoms with Crippen molar-refractivity contribution in [3.8, 4) is 17.1 Å². The van der Waals surface area contributed by atoms with Gasteiger partial charge < -0.3 is 15.7 Å². The first-order valence-corrected chi connectivity index (χ1v) is 10.7. The van der Waals surface area contributed by atoms with E-state index in [-0.39, 0.29) is 23.3 Å². The van der Waals surface area contributed by atoms with Crippen LogP contribution in [0.3, 0.4) is 0 Å². The van der Waals surface area contributed by atoms with Gasteiger partial charge in [0, 0.05) is 18.7 Å². The predicted molar refractivity (Wildman–Crippen MR) is 121 cm³/mol. The highest BCUT2D eigenvalue weighted by molar-refractivity contribution is 5.97. The summed E-state index contributed by atoms with van der Waals surface area (Å²) >= 11 is 0. The van der Waals surface area contributed by atoms with Crippen molar-refractivity contribution >= 4 is 22.8 Å². The van der Waals surface area contributed by atoms with Crippen molar-refractivity contribution in [3.63, 3.8) is 0 Å². The maximum absolute atomic E-state index is 14.1. The Hall–Kier alpha value is -4.19. The quantitative estimate of drug-likeness (QED) is 0.426. The molecule has 0 aliphatic carbocycles. The molecule has 1 atom stereocenters. The Morgan fingerprint density at radius 1 is 1.35 bits per heavy atom. The largest absolute Gasteiger partial charge is 0.392 e. The van der Waals surface area contributed by atoms with Crippen molar-refractivity contribution in [2.45, 2.75) is 25.5 Å². The average Bonchev–Trinajstić information content (AvgIpc) is 3.49. The van der Waals surface area contributed by atoms with Crippen LogP contribution in [0.1, 0.15) is 24.4 Å². The third kappa shape index (κ3) is 3.67. The third-order valence-electron chi connectivity index (χ3n) is 5.95. The number of benzene rings is 1. The summed E-state index contributed by atoms with van der Waals surface area (Å²) in [6.45, 7) is 4.31. The van der Waals surface area contributed by atoms with E-state index >= 15 is 0 Å². The number of piperidine rings is 1. The molecule has 1 amide bonds. The summed E-state index contributed by atoms with van der Waals surface area (Å²) in [4.78, 5) is 22.4. The number of aromatic nitrogens is 7. The smallest absolute Gasteiger partial charge is 0.246 e. The van der Waals surface area contributed by atoms with E-state index in [1.807, 2.05) is 0 Å². The molecule has 12 heteroatoms. The van der Waals surface area contributed by atoms with Crippen LogP contribution in [0.15, 0.2) is 43.4 Å². The van der Waals surface area contributed by atoms with Crippen LogP contribution in [0.2, 0.25) is 0 Å². The first kappa shape index (κ1) is 21.6. The van der Waals surface area contributed by atoms with Crippen LogP contribution in [0.5, 0.6) is 0 Å². The van der Waals surface area contributed by atoms with Gasteiger partial charge in [0.1, 0.15) is 29.4 Å². The molecule has 1 saturated heterocycles. The molecule has 1 aliphatic rings. The molecule has 174 valence electrons. The van der Waals surface area contributed by atoms with Crippen LogP contribution in [0, 0.1) is 5.82 Å². The first-order chi connectivity index (χ1) is 16.5. The Kier molecular flexibility index (Phi) is 5.49. The molecule has 1 aliphatic heterocycles. The number of nitrogens with two attached hydrogens (primary N) is 1. The zero-order valence-electron chi connectivity index (χ0n) is 18.2. The molecule has 0 bridgehead atoms. The van der Waals surface area contributed by atoms with Crippen LogP contribution in [0.25, 0.3) is 28.1 Å². The summed E-state index contributed by atoms with van der Waals surface area (Å²) < 4.78 is 17.3. The molecule has 1 aromatic carbocycles. The Labute approximate surface area is 193 Å². The van der Waals surface area contributed by atoms with Gasteiger partial charge in [-0.15, -0.1) is 5.10 Å². The molecule has 4 aromatic rings. The van der Waals surface area contributed by atoms with Crippen LogP contribution in [-0.2, 0) is 11.4 Å². The molecule has 34 heavy (non-hydrogen) atoms. The summed E-state index contributed by atoms with van der Waals surface area (Å²) in [5.41, 5.74) is 8.21. The lowest BCUT2D eigenvalue weighted by molar-refractivity contribution is -0.127. The summed E-state index contributed by atoms with van der Waals surface area (Å²) in [6.07, 6.45) is 5.92. The molecular weight excluding hydrogens is 441 g/mol. The lowest BCUT2D eigenvalue weighted by Gasteiger charge is -2.32. The molecule has 0 spiro atoms. The molecule has 3 aromatic heterocycles. The minimum atomic E-state index is -0.541. The van der Waals surface area contributed by atoms with Gasteiger partial charge in [-0.25, -0.2) is 23.7 Å². The molecule has 11 nitrogen and oxygen atoms in total. The number of amides is 1. The lowest BCUT2D eigenvalue weighted by Crippen LogP contribution is -2.40. The number of nitrogen functional groups attached to an aromatic ring is 1. The average molecular weight is 463 g/mol. The Balaban J connectivity index is 1.56. The van der Waals surface area contributed by atoms with Gasteiger partial charge in [-0.05, 0) is 31.1 Å². The van der Waals surface area contributed by atoms with Crippen LogP contribution < -0.4 is 5.73 Å². The number of carbonyl (C=O) groups is 1. The molecule has 0 radical (unpaired) electrons. The van der Waals surface area contributed by atoms with E-state index in [9.17, 15) is 14.3 Å². The number of carbonyl (C=O) groups excluding carboxylic acids is 1. The van der Waals surface area contributed by atoms with Gasteiger partial charge >= 0.3 is 0 Å². The summed E-state index contributed by atoms with van der Waals surface area (Å²) in [7, 11) is 0. The number of fused-ring (bicyclic) bond motifs is 1. The highest BCUT2D eigenvalue weighted by Gasteiger charge is 2.28. The van der Waals surface area contributed by atoms with Crippen LogP contribution in [-0.4, -0.2) is 63.7 Å². The van der Waals surface area contributed by atoms with Gasteiger partial charge in [0.2, 0.25) is 5.91 Å². The van der Waals surface area contributed by atoms with Crippen molar-refractivity contribution in [3.05, 3.63) is 54.8 Å². The molecular formula is C22H22FN9O2. The van der Waals surface area contributed by atoms with Gasteiger partial charge in [-0.3, -0.25) is 4.79 Å². The van der Waals surface area contributed by atoms with Crippen molar-refractivity contribution in [2.75, 3.05) is 18.8 Å². The minimum absolute atomic E-state index is 0.113. The van der Waals surface area contributed by atoms with E-state index in [1.165, 1.54) is 29.2 Å². The molecule has 5 rings (SSSR count). The monoisotopic (exact) mass is 463 g/mol. The standard InChI is InChI=1S/C22H22FN9O2/c1-2-18(34)30-7-3-4-15(9-30)32-22-19(21(24)25-12-26-22)20(28-32)17-10-31(29-27-17)14-6-5-13(11-33)16(23)8-14/h2,5-6,8,10,12,15,33H,1,3-4,7,9,11H2,(H2,24,25,26)/t15-/m1/s1. The predicted octanol–water partition coefficient (Wildman–Crippen LogP) is 1.64. The molecule has 4 heterocycles. The van der Waals surface area contributed by atoms with E-state index in [1.54, 1.807) is 21.8 Å². The van der Waals surface area contributed by atoms with E-state index in [2.05, 4.69) is 26.9 Å². The second-order valence-electron chi connectivity index (χ2n) is 8.02. The number of halogens is 1. The first-order valence-electron chi connectivity index (χ1n) is 10.7. The Bertz CT molecular complexity index is 1400. The van der Waals surface area contributed by atoms with Gasteiger partial charge in [0.25, 0.3) is 0 Å². The van der Waals surface area contributed by atoms with E-state index < -0.39 is 12.4 Å². The van der Waals surface area contributed by atoms with E-state index in [4.69, 9.17) is 10.8 Å². The third-order valence-corrected chi connectivity index (χ3v) is 5.95. The Morgan fingerprint density at radius 2 is 2.21 bits per heavy atom. The summed E-state index contributed by atoms with van der Waals surface area (Å²) in [6, 6.07) is 4.28. The molecule has 1 fully saturated rings. The SMILES string of the molecule is C=CC(=O)N1CCC[C@@H](n2nc(-c3cn(-c4ccc(CO)c(F)c4)nn3)c3c(N)ncnc32)C1. The topological polar surface area (TPSA) is 141 Å².